The van der Waals surface area contributed by atoms with Crippen molar-refractivity contribution in [2.24, 2.45) is 0 Å². The van der Waals surface area contributed by atoms with Crippen LogP contribution in [-0.2, 0) is 0 Å². The molecule has 0 N–H and O–H groups in total. The monoisotopic (exact) mass is 368 g/mol. The fourth-order valence-electron chi connectivity index (χ4n) is 3.07. The van der Waals surface area contributed by atoms with Gasteiger partial charge < -0.3 is 4.90 Å². The lowest BCUT2D eigenvalue weighted by atomic mass is 10.3. The Hall–Kier alpha value is -2.05. The van der Waals surface area contributed by atoms with Gasteiger partial charge in [-0.15, -0.1) is 0 Å². The van der Waals surface area contributed by atoms with Gasteiger partial charge in [-0.2, -0.15) is 4.57 Å². The lowest BCUT2D eigenvalue weighted by molar-refractivity contribution is -0.619. The molecular formula is C19H18N3OS2+. The van der Waals surface area contributed by atoms with Gasteiger partial charge in [0.15, 0.2) is 5.69 Å². The molecule has 2 aromatic rings. The molecule has 126 valence electrons. The van der Waals surface area contributed by atoms with E-state index in [-0.39, 0.29) is 5.91 Å². The number of carbonyl (C=O) groups is 1. The Morgan fingerprint density at radius 3 is 2.80 bits per heavy atom. The largest absolute Gasteiger partial charge is 0.372 e. The first kappa shape index (κ1) is 16.4. The van der Waals surface area contributed by atoms with Crippen LogP contribution in [0.1, 0.15) is 23.1 Å². The van der Waals surface area contributed by atoms with Gasteiger partial charge in [-0.05, 0) is 43.1 Å². The summed E-state index contributed by atoms with van der Waals surface area (Å²) in [4.78, 5) is 21.4. The summed E-state index contributed by atoms with van der Waals surface area (Å²) in [6, 6.07) is 10.3. The Morgan fingerprint density at radius 1 is 1.20 bits per heavy atom. The van der Waals surface area contributed by atoms with E-state index in [9.17, 15) is 4.79 Å². The molecule has 6 heteroatoms. The molecule has 0 radical (unpaired) electrons. The van der Waals surface area contributed by atoms with Crippen molar-refractivity contribution in [1.82, 2.24) is 4.98 Å². The smallest absolute Gasteiger partial charge is 0.335 e. The molecule has 0 amide bonds. The number of fused-ring (bicyclic) bond motifs is 2. The van der Waals surface area contributed by atoms with Gasteiger partial charge in [0.1, 0.15) is 10.6 Å². The second-order valence-electron chi connectivity index (χ2n) is 5.91. The van der Waals surface area contributed by atoms with E-state index in [0.29, 0.717) is 4.91 Å². The van der Waals surface area contributed by atoms with E-state index >= 15 is 0 Å². The minimum Gasteiger partial charge on any atom is -0.335 e. The third-order valence-corrected chi connectivity index (χ3v) is 6.30. The maximum absolute atomic E-state index is 12.7. The summed E-state index contributed by atoms with van der Waals surface area (Å²) in [5.74, 6) is 0.00501. The number of hydrogen-bond acceptors (Lipinski definition) is 5. The fourth-order valence-corrected chi connectivity index (χ4v) is 5.22. The van der Waals surface area contributed by atoms with Crippen molar-refractivity contribution < 1.29 is 9.36 Å². The van der Waals surface area contributed by atoms with Crippen molar-refractivity contribution in [3.05, 3.63) is 63.8 Å². The molecule has 0 saturated carbocycles. The Balaban J connectivity index is 1.66. The zero-order valence-electron chi connectivity index (χ0n) is 14.3. The quantitative estimate of drug-likeness (QED) is 0.453. The molecule has 0 atom stereocenters. The maximum Gasteiger partial charge on any atom is 0.372 e. The number of aromatic nitrogens is 2. The number of rotatable bonds is 2. The molecule has 3 heterocycles. The molecule has 0 fully saturated rings. The molecule has 0 aliphatic carbocycles. The molecule has 4 rings (SSSR count). The highest BCUT2D eigenvalue weighted by molar-refractivity contribution is 8.04. The minimum atomic E-state index is 0.00501. The van der Waals surface area contributed by atoms with E-state index in [1.165, 1.54) is 22.3 Å². The van der Waals surface area contributed by atoms with E-state index in [2.05, 4.69) is 41.1 Å². The van der Waals surface area contributed by atoms with Crippen LogP contribution in [0.15, 0.2) is 62.5 Å². The van der Waals surface area contributed by atoms with Gasteiger partial charge in [-0.1, -0.05) is 23.9 Å². The molecule has 25 heavy (non-hydrogen) atoms. The molecule has 2 aliphatic heterocycles. The number of carbonyl (C=O) groups excluding carboxylic acids is 1. The summed E-state index contributed by atoms with van der Waals surface area (Å²) < 4.78 is 1.69. The molecule has 1 aromatic carbocycles. The number of benzene rings is 1. The Morgan fingerprint density at radius 2 is 2.00 bits per heavy atom. The number of hydrogen-bond donors (Lipinski definition) is 0. The fraction of sp³-hybridized carbons (Fsp3) is 0.211. The van der Waals surface area contributed by atoms with Crippen LogP contribution in [0.5, 0.6) is 0 Å². The van der Waals surface area contributed by atoms with Crippen LogP contribution in [0.3, 0.4) is 0 Å². The number of allylic oxidation sites excluding steroid dienone is 3. The SMILES string of the molecule is CCN1/C(=C/C=C2/Sc3nc(C)cc(C)[n+]3C2=O)Sc2ccccc21. The zero-order valence-corrected chi connectivity index (χ0v) is 15.9. The van der Waals surface area contributed by atoms with Crippen LogP contribution in [0.2, 0.25) is 0 Å². The molecule has 0 spiro atoms. The van der Waals surface area contributed by atoms with Crippen molar-refractivity contribution in [2.45, 2.75) is 30.8 Å². The van der Waals surface area contributed by atoms with Crippen LogP contribution in [0.4, 0.5) is 5.69 Å². The van der Waals surface area contributed by atoms with Gasteiger partial charge in [0, 0.05) is 36.2 Å². The van der Waals surface area contributed by atoms with Crippen LogP contribution >= 0.6 is 23.5 Å². The number of anilines is 1. The average Bonchev–Trinajstić information content (AvgIpc) is 3.10. The van der Waals surface area contributed by atoms with E-state index in [1.807, 2.05) is 32.1 Å². The van der Waals surface area contributed by atoms with Crippen molar-refractivity contribution >= 4 is 35.1 Å². The summed E-state index contributed by atoms with van der Waals surface area (Å²) in [7, 11) is 0. The molecule has 0 saturated heterocycles. The van der Waals surface area contributed by atoms with Crippen molar-refractivity contribution in [1.29, 1.82) is 0 Å². The highest BCUT2D eigenvalue weighted by atomic mass is 32.2. The van der Waals surface area contributed by atoms with E-state index in [1.54, 1.807) is 16.3 Å². The number of para-hydroxylation sites is 1. The number of thioether (sulfide) groups is 2. The van der Waals surface area contributed by atoms with Crippen molar-refractivity contribution in [2.75, 3.05) is 11.4 Å². The molecule has 2 aliphatic rings. The zero-order chi connectivity index (χ0) is 17.6. The Kier molecular flexibility index (Phi) is 4.17. The summed E-state index contributed by atoms with van der Waals surface area (Å²) in [5, 5.41) is 1.90. The third-order valence-electron chi connectivity index (χ3n) is 4.18. The van der Waals surface area contributed by atoms with Crippen molar-refractivity contribution in [3.63, 3.8) is 0 Å². The van der Waals surface area contributed by atoms with Crippen LogP contribution in [0, 0.1) is 13.8 Å². The van der Waals surface area contributed by atoms with E-state index in [4.69, 9.17) is 0 Å². The lowest BCUT2D eigenvalue weighted by Crippen LogP contribution is -2.44. The first-order chi connectivity index (χ1) is 12.1. The normalized spacial score (nSPS) is 19.0. The molecular weight excluding hydrogens is 350 g/mol. The predicted octanol–water partition coefficient (Wildman–Crippen LogP) is 4.09. The van der Waals surface area contributed by atoms with Gasteiger partial charge >= 0.3 is 11.1 Å². The van der Waals surface area contributed by atoms with Gasteiger partial charge in [0.25, 0.3) is 0 Å². The van der Waals surface area contributed by atoms with Gasteiger partial charge in [0.2, 0.25) is 0 Å². The molecule has 0 unspecified atom stereocenters. The molecule has 0 bridgehead atoms. The standard InChI is InChI=1S/C19H18N3OS2/c1-4-21-14-7-5-6-8-15(14)24-17(21)10-9-16-18(23)22-13(3)11-12(2)20-19(22)25-16/h5-11H,4H2,1-3H3/q+1/b16-9+,17-10-. The lowest BCUT2D eigenvalue weighted by Gasteiger charge is -2.17. The van der Waals surface area contributed by atoms with Crippen LogP contribution in [-0.4, -0.2) is 17.4 Å². The summed E-state index contributed by atoms with van der Waals surface area (Å²) in [6.07, 6.45) is 3.97. The first-order valence-corrected chi connectivity index (χ1v) is 9.81. The highest BCUT2D eigenvalue weighted by Crippen LogP contribution is 2.45. The highest BCUT2D eigenvalue weighted by Gasteiger charge is 2.36. The number of aryl methyl sites for hydroxylation is 2. The van der Waals surface area contributed by atoms with Gasteiger partial charge in [-0.3, -0.25) is 0 Å². The van der Waals surface area contributed by atoms with Crippen molar-refractivity contribution in [3.8, 4) is 0 Å². The van der Waals surface area contributed by atoms with E-state index in [0.717, 1.165) is 28.1 Å². The second-order valence-corrected chi connectivity index (χ2v) is 7.99. The van der Waals surface area contributed by atoms with Gasteiger partial charge in [0.05, 0.1) is 10.7 Å². The summed E-state index contributed by atoms with van der Waals surface area (Å²) in [6.45, 7) is 6.93. The van der Waals surface area contributed by atoms with Crippen LogP contribution in [0.25, 0.3) is 0 Å². The Bertz CT molecular complexity index is 950. The molecule has 1 aromatic heterocycles. The maximum atomic E-state index is 12.7. The summed E-state index contributed by atoms with van der Waals surface area (Å²) in [5.41, 5.74) is 3.09. The minimum absolute atomic E-state index is 0.00501. The molecule has 4 nitrogen and oxygen atoms in total. The first-order valence-electron chi connectivity index (χ1n) is 8.17. The predicted molar refractivity (Wildman–Crippen MR) is 102 cm³/mol. The van der Waals surface area contributed by atoms with Gasteiger partial charge in [-0.25, -0.2) is 4.79 Å². The topological polar surface area (TPSA) is 37.1 Å². The average molecular weight is 369 g/mol. The number of nitrogens with zero attached hydrogens (tertiary/aromatic N) is 3. The van der Waals surface area contributed by atoms with Crippen LogP contribution < -0.4 is 9.47 Å². The second kappa shape index (κ2) is 6.35. The van der Waals surface area contributed by atoms with E-state index < -0.39 is 0 Å². The summed E-state index contributed by atoms with van der Waals surface area (Å²) >= 11 is 3.18. The third kappa shape index (κ3) is 2.79. The Labute approximate surface area is 155 Å².